The number of hydrogen-bond acceptors (Lipinski definition) is 2. The van der Waals surface area contributed by atoms with E-state index in [0.29, 0.717) is 0 Å². The van der Waals surface area contributed by atoms with Crippen LogP contribution in [0.2, 0.25) is 5.02 Å². The minimum Gasteiger partial charge on any atom is -0.369 e. The lowest BCUT2D eigenvalue weighted by molar-refractivity contribution is 0.506. The van der Waals surface area contributed by atoms with Crippen molar-refractivity contribution in [3.8, 4) is 0 Å². The smallest absolute Gasteiger partial charge is 0.0595 e. The molecular formula is C11H14BrClN2. The van der Waals surface area contributed by atoms with E-state index < -0.39 is 0 Å². The highest BCUT2D eigenvalue weighted by atomic mass is 79.9. The lowest BCUT2D eigenvalue weighted by atomic mass is 10.1. The Balaban J connectivity index is 2.24. The number of piperidine rings is 1. The Morgan fingerprint density at radius 2 is 2.27 bits per heavy atom. The summed E-state index contributed by atoms with van der Waals surface area (Å²) in [5, 5.41) is 0.756. The number of hydrogen-bond donors (Lipinski definition) is 1. The second-order valence-corrected chi connectivity index (χ2v) is 5.12. The Hall–Kier alpha value is -0.250. The Bertz CT molecular complexity index is 356. The van der Waals surface area contributed by atoms with Crippen LogP contribution in [0.4, 0.5) is 5.69 Å². The van der Waals surface area contributed by atoms with Gasteiger partial charge in [0.2, 0.25) is 0 Å². The molecule has 4 heteroatoms. The standard InChI is InChI=1S/C11H14BrClN2/c12-11-9(13)4-1-5-10(11)15-6-2-3-8(14)7-15/h1,4-5,8H,2-3,6-7,14H2. The SMILES string of the molecule is NC1CCCN(c2cccc(Cl)c2Br)C1. The van der Waals surface area contributed by atoms with E-state index in [-0.39, 0.29) is 6.04 Å². The van der Waals surface area contributed by atoms with E-state index in [9.17, 15) is 0 Å². The Kier molecular flexibility index (Phi) is 3.54. The van der Waals surface area contributed by atoms with Gasteiger partial charge in [-0.1, -0.05) is 17.7 Å². The second kappa shape index (κ2) is 4.73. The van der Waals surface area contributed by atoms with Crippen LogP contribution in [0.3, 0.4) is 0 Å². The van der Waals surface area contributed by atoms with Crippen molar-refractivity contribution in [1.29, 1.82) is 0 Å². The molecule has 1 aliphatic rings. The first-order chi connectivity index (χ1) is 7.18. The van der Waals surface area contributed by atoms with E-state index in [2.05, 4.69) is 26.9 Å². The van der Waals surface area contributed by atoms with Crippen molar-refractivity contribution >= 4 is 33.2 Å². The second-order valence-electron chi connectivity index (χ2n) is 3.92. The average Bonchev–Trinajstić information content (AvgIpc) is 2.22. The van der Waals surface area contributed by atoms with Gasteiger partial charge in [0.05, 0.1) is 15.2 Å². The third-order valence-corrected chi connectivity index (χ3v) is 4.11. The molecule has 1 saturated heterocycles. The molecule has 0 radical (unpaired) electrons. The maximum absolute atomic E-state index is 6.06. The summed E-state index contributed by atoms with van der Waals surface area (Å²) in [6.07, 6.45) is 2.27. The van der Waals surface area contributed by atoms with Gasteiger partial charge in [-0.25, -0.2) is 0 Å². The molecule has 0 aliphatic carbocycles. The van der Waals surface area contributed by atoms with Crippen molar-refractivity contribution in [3.63, 3.8) is 0 Å². The molecule has 82 valence electrons. The molecule has 1 heterocycles. The number of benzene rings is 1. The zero-order chi connectivity index (χ0) is 10.8. The normalized spacial score (nSPS) is 21.8. The number of rotatable bonds is 1. The fourth-order valence-corrected chi connectivity index (χ4v) is 2.65. The molecule has 15 heavy (non-hydrogen) atoms. The molecule has 1 aliphatic heterocycles. The molecule has 1 atom stereocenters. The highest BCUT2D eigenvalue weighted by Crippen LogP contribution is 2.33. The highest BCUT2D eigenvalue weighted by molar-refractivity contribution is 9.10. The van der Waals surface area contributed by atoms with Gasteiger partial charge >= 0.3 is 0 Å². The molecule has 1 fully saturated rings. The van der Waals surface area contributed by atoms with Crippen LogP contribution < -0.4 is 10.6 Å². The molecule has 0 aromatic heterocycles. The maximum atomic E-state index is 6.06. The van der Waals surface area contributed by atoms with Crippen molar-refractivity contribution in [2.45, 2.75) is 18.9 Å². The van der Waals surface area contributed by atoms with E-state index in [0.717, 1.165) is 41.1 Å². The molecule has 0 saturated carbocycles. The first kappa shape index (κ1) is 11.2. The van der Waals surface area contributed by atoms with Gasteiger partial charge in [-0.2, -0.15) is 0 Å². The van der Waals surface area contributed by atoms with E-state index >= 15 is 0 Å². The summed E-state index contributed by atoms with van der Waals surface area (Å²) in [5.74, 6) is 0. The van der Waals surface area contributed by atoms with Crippen molar-refractivity contribution in [1.82, 2.24) is 0 Å². The molecule has 1 aromatic rings. The molecule has 2 N–H and O–H groups in total. The lowest BCUT2D eigenvalue weighted by Crippen LogP contribution is -2.42. The molecule has 0 amide bonds. The van der Waals surface area contributed by atoms with Crippen molar-refractivity contribution in [2.24, 2.45) is 5.73 Å². The summed E-state index contributed by atoms with van der Waals surface area (Å²) in [4.78, 5) is 2.30. The van der Waals surface area contributed by atoms with E-state index in [1.807, 2.05) is 12.1 Å². The Morgan fingerprint density at radius 1 is 1.47 bits per heavy atom. The summed E-state index contributed by atoms with van der Waals surface area (Å²) in [6, 6.07) is 6.22. The third-order valence-electron chi connectivity index (χ3n) is 2.73. The fourth-order valence-electron chi connectivity index (χ4n) is 1.97. The number of halogens is 2. The third kappa shape index (κ3) is 2.47. The van der Waals surface area contributed by atoms with Gasteiger partial charge in [0.25, 0.3) is 0 Å². The van der Waals surface area contributed by atoms with Crippen molar-refractivity contribution in [2.75, 3.05) is 18.0 Å². The minimum atomic E-state index is 0.282. The average molecular weight is 290 g/mol. The van der Waals surface area contributed by atoms with Crippen LogP contribution in [0.15, 0.2) is 22.7 Å². The van der Waals surface area contributed by atoms with E-state index in [1.54, 1.807) is 0 Å². The van der Waals surface area contributed by atoms with Gasteiger partial charge in [0.1, 0.15) is 0 Å². The van der Waals surface area contributed by atoms with Crippen LogP contribution in [0.1, 0.15) is 12.8 Å². The summed E-state index contributed by atoms with van der Waals surface area (Å²) in [7, 11) is 0. The van der Waals surface area contributed by atoms with Crippen molar-refractivity contribution < 1.29 is 0 Å². The van der Waals surface area contributed by atoms with Crippen LogP contribution in [0.25, 0.3) is 0 Å². The van der Waals surface area contributed by atoms with Crippen LogP contribution in [-0.2, 0) is 0 Å². The number of nitrogens with zero attached hydrogens (tertiary/aromatic N) is 1. The minimum absolute atomic E-state index is 0.282. The number of anilines is 1. The van der Waals surface area contributed by atoms with Crippen LogP contribution in [-0.4, -0.2) is 19.1 Å². The van der Waals surface area contributed by atoms with Gasteiger partial charge in [-0.05, 0) is 40.9 Å². The molecular weight excluding hydrogens is 275 g/mol. The lowest BCUT2D eigenvalue weighted by Gasteiger charge is -2.33. The predicted molar refractivity (Wildman–Crippen MR) is 68.6 cm³/mol. The summed E-state index contributed by atoms with van der Waals surface area (Å²) in [6.45, 7) is 1.98. The molecule has 2 nitrogen and oxygen atoms in total. The van der Waals surface area contributed by atoms with Crippen molar-refractivity contribution in [3.05, 3.63) is 27.7 Å². The van der Waals surface area contributed by atoms with Crippen LogP contribution in [0.5, 0.6) is 0 Å². The maximum Gasteiger partial charge on any atom is 0.0595 e. The predicted octanol–water partition coefficient (Wildman–Crippen LogP) is 3.03. The van der Waals surface area contributed by atoms with Crippen LogP contribution >= 0.6 is 27.5 Å². The monoisotopic (exact) mass is 288 g/mol. The largest absolute Gasteiger partial charge is 0.369 e. The van der Waals surface area contributed by atoms with Gasteiger partial charge in [0, 0.05) is 19.1 Å². The fraction of sp³-hybridized carbons (Fsp3) is 0.455. The van der Waals surface area contributed by atoms with Gasteiger partial charge in [-0.15, -0.1) is 0 Å². The Morgan fingerprint density at radius 3 is 3.00 bits per heavy atom. The van der Waals surface area contributed by atoms with Gasteiger partial charge < -0.3 is 10.6 Å². The van der Waals surface area contributed by atoms with Crippen LogP contribution in [0, 0.1) is 0 Å². The molecule has 1 aromatic carbocycles. The molecule has 0 spiro atoms. The molecule has 0 bridgehead atoms. The molecule has 1 unspecified atom stereocenters. The quantitative estimate of drug-likeness (QED) is 0.861. The zero-order valence-corrected chi connectivity index (χ0v) is 10.8. The highest BCUT2D eigenvalue weighted by Gasteiger charge is 2.19. The summed E-state index contributed by atoms with van der Waals surface area (Å²) >= 11 is 9.59. The van der Waals surface area contributed by atoms with E-state index in [1.165, 1.54) is 0 Å². The summed E-state index contributed by atoms with van der Waals surface area (Å²) < 4.78 is 0.973. The van der Waals surface area contributed by atoms with E-state index in [4.69, 9.17) is 17.3 Å². The van der Waals surface area contributed by atoms with Gasteiger partial charge in [0.15, 0.2) is 0 Å². The topological polar surface area (TPSA) is 29.3 Å². The summed E-state index contributed by atoms with van der Waals surface area (Å²) in [5.41, 5.74) is 7.11. The first-order valence-corrected chi connectivity index (χ1v) is 6.30. The zero-order valence-electron chi connectivity index (χ0n) is 8.42. The van der Waals surface area contributed by atoms with Gasteiger partial charge in [-0.3, -0.25) is 0 Å². The first-order valence-electron chi connectivity index (χ1n) is 5.13. The number of nitrogens with two attached hydrogens (primary N) is 1. The Labute approximate surface area is 104 Å². The molecule has 2 rings (SSSR count).